The zero-order valence-corrected chi connectivity index (χ0v) is 11.5. The van der Waals surface area contributed by atoms with Gasteiger partial charge in [-0.15, -0.1) is 0 Å². The van der Waals surface area contributed by atoms with Gasteiger partial charge in [-0.2, -0.15) is 0 Å². The normalized spacial score (nSPS) is 6.00. The molecule has 0 spiro atoms. The largest absolute Gasteiger partial charge is 3.00 e. The van der Waals surface area contributed by atoms with Crippen LogP contribution in [0.15, 0.2) is 0 Å². The molecule has 14 nitrogen and oxygen atoms in total. The molecule has 0 rings (SSSR count). The summed E-state index contributed by atoms with van der Waals surface area (Å²) in [5.74, 6) is 0. The van der Waals surface area contributed by atoms with Gasteiger partial charge in [0, 0.05) is 0 Å². The summed E-state index contributed by atoms with van der Waals surface area (Å²) in [5, 5.41) is 59.5. The fourth-order valence-corrected chi connectivity index (χ4v) is 0. The molecule has 0 amide bonds. The maximum Gasteiger partial charge on any atom is 3.00 e. The first kappa shape index (κ1) is 29.6. The molecule has 98 valence electrons. The Bertz CT molecular complexity index is 143. The second-order valence-corrected chi connectivity index (χ2v) is 1.12. The van der Waals surface area contributed by atoms with Gasteiger partial charge in [0.15, 0.2) is 0 Å². The molecule has 0 aromatic carbocycles. The monoisotopic (exact) mass is 387 g/mol. The van der Waals surface area contributed by atoms with E-state index in [4.69, 9.17) is 56.2 Å². The molecule has 0 fully saturated rings. The molecule has 0 aliphatic rings. The molecular formula is C2H6LaN3O11. The first-order valence-corrected chi connectivity index (χ1v) is 2.78. The van der Waals surface area contributed by atoms with Crippen LogP contribution in [-0.2, 0) is 0 Å². The van der Waals surface area contributed by atoms with E-state index in [0.29, 0.717) is 0 Å². The molecule has 0 saturated carbocycles. The van der Waals surface area contributed by atoms with Gasteiger partial charge in [-0.25, -0.2) is 0 Å². The van der Waals surface area contributed by atoms with Crippen LogP contribution in [0.25, 0.3) is 0 Å². The maximum absolute atomic E-state index is 8.25. The summed E-state index contributed by atoms with van der Waals surface area (Å²) in [4.78, 5) is 24.8. The number of rotatable bonds is 1. The van der Waals surface area contributed by atoms with Crippen molar-refractivity contribution in [2.45, 2.75) is 0 Å². The number of aliphatic hydroxyl groups is 2. The second-order valence-electron chi connectivity index (χ2n) is 1.12. The molecule has 0 aromatic rings. The van der Waals surface area contributed by atoms with Crippen molar-refractivity contribution in [3.05, 3.63) is 46.0 Å². The first-order valence-electron chi connectivity index (χ1n) is 2.78. The van der Waals surface area contributed by atoms with Crippen molar-refractivity contribution in [2.75, 3.05) is 13.2 Å². The van der Waals surface area contributed by atoms with Crippen molar-refractivity contribution in [3.8, 4) is 0 Å². The van der Waals surface area contributed by atoms with Gasteiger partial charge in [-0.05, 0) is 0 Å². The van der Waals surface area contributed by atoms with E-state index in [1.165, 1.54) is 0 Å². The van der Waals surface area contributed by atoms with Crippen molar-refractivity contribution in [3.63, 3.8) is 0 Å². The van der Waals surface area contributed by atoms with Crippen molar-refractivity contribution in [1.29, 1.82) is 0 Å². The molecule has 0 bridgehead atoms. The Hall–Kier alpha value is -1.29. The van der Waals surface area contributed by atoms with E-state index in [-0.39, 0.29) is 48.8 Å². The SMILES string of the molecule is O=[N+]([O-])[O-].O=[N+]([O-])[O-].O=[N+]([O-])[O-].OCCO.[La+3]. The smallest absolute Gasteiger partial charge is 0.394 e. The maximum atomic E-state index is 8.25. The Labute approximate surface area is 120 Å². The Morgan fingerprint density at radius 2 is 0.706 bits per heavy atom. The van der Waals surface area contributed by atoms with E-state index >= 15 is 0 Å². The van der Waals surface area contributed by atoms with Crippen LogP contribution in [0.3, 0.4) is 0 Å². The summed E-state index contributed by atoms with van der Waals surface area (Å²) in [6.07, 6.45) is 0. The Morgan fingerprint density at radius 3 is 0.706 bits per heavy atom. The molecule has 0 atom stereocenters. The van der Waals surface area contributed by atoms with E-state index < -0.39 is 15.3 Å². The van der Waals surface area contributed by atoms with Gasteiger partial charge < -0.3 is 56.2 Å². The predicted molar refractivity (Wildman–Crippen MR) is 45.3 cm³/mol. The molecule has 0 aliphatic heterocycles. The summed E-state index contributed by atoms with van der Waals surface area (Å²) in [6, 6.07) is 0. The molecule has 0 saturated heterocycles. The van der Waals surface area contributed by atoms with Gasteiger partial charge >= 0.3 is 35.6 Å². The minimum atomic E-state index is -1.75. The van der Waals surface area contributed by atoms with Crippen LogP contribution < -0.4 is 0 Å². The third-order valence-corrected chi connectivity index (χ3v) is 0.1000. The molecule has 0 aliphatic carbocycles. The van der Waals surface area contributed by atoms with Gasteiger partial charge in [-0.3, -0.25) is 0 Å². The summed E-state index contributed by atoms with van der Waals surface area (Å²) in [5.41, 5.74) is 0. The van der Waals surface area contributed by atoms with Crippen LogP contribution in [0.4, 0.5) is 0 Å². The average Bonchev–Trinajstić information content (AvgIpc) is 2.00. The Kier molecular flexibility index (Phi) is 51.1. The Morgan fingerprint density at radius 1 is 0.647 bits per heavy atom. The van der Waals surface area contributed by atoms with Crippen LogP contribution >= 0.6 is 0 Å². The van der Waals surface area contributed by atoms with E-state index in [9.17, 15) is 0 Å². The van der Waals surface area contributed by atoms with Gasteiger partial charge in [0.25, 0.3) is 0 Å². The van der Waals surface area contributed by atoms with Gasteiger partial charge in [0.2, 0.25) is 0 Å². The molecule has 2 N–H and O–H groups in total. The Balaban J connectivity index is -0.0000000369. The summed E-state index contributed by atoms with van der Waals surface area (Å²) in [6.45, 7) is -0.250. The second kappa shape index (κ2) is 29.3. The minimum Gasteiger partial charge on any atom is -0.394 e. The van der Waals surface area contributed by atoms with Crippen LogP contribution in [0, 0.1) is 81.6 Å². The predicted octanol–water partition coefficient (Wildman–Crippen LogP) is -1.75. The molecule has 0 radical (unpaired) electrons. The fraction of sp³-hybridized carbons (Fsp3) is 1.00. The van der Waals surface area contributed by atoms with Crippen LogP contribution in [0.2, 0.25) is 0 Å². The number of hydrogen-bond acceptors (Lipinski definition) is 11. The number of hydrogen-bond donors (Lipinski definition) is 2. The molecule has 17 heavy (non-hydrogen) atoms. The first-order chi connectivity index (χ1) is 7.11. The van der Waals surface area contributed by atoms with E-state index in [1.807, 2.05) is 0 Å². The summed E-state index contributed by atoms with van der Waals surface area (Å²) >= 11 is 0. The molecule has 15 heteroatoms. The summed E-state index contributed by atoms with van der Waals surface area (Å²) < 4.78 is 0. The zero-order valence-electron chi connectivity index (χ0n) is 7.90. The standard InChI is InChI=1S/C2H6O2.La.3NO3/c3-1-2-4;;3*2-1(3)4/h3-4H,1-2H2;;;;/q;+3;3*-1. The molecular weight excluding hydrogens is 381 g/mol. The molecule has 0 heterocycles. The van der Waals surface area contributed by atoms with Crippen LogP contribution in [-0.4, -0.2) is 38.7 Å². The van der Waals surface area contributed by atoms with E-state index in [0.717, 1.165) is 0 Å². The third-order valence-electron chi connectivity index (χ3n) is 0.1000. The number of aliphatic hydroxyl groups excluding tert-OH is 2. The fourth-order valence-electron chi connectivity index (χ4n) is 0. The van der Waals surface area contributed by atoms with E-state index in [2.05, 4.69) is 0 Å². The van der Waals surface area contributed by atoms with Crippen molar-refractivity contribution < 1.29 is 61.1 Å². The van der Waals surface area contributed by atoms with Gasteiger partial charge in [0.05, 0.1) is 28.5 Å². The van der Waals surface area contributed by atoms with Crippen LogP contribution in [0.1, 0.15) is 0 Å². The van der Waals surface area contributed by atoms with Crippen molar-refractivity contribution in [1.82, 2.24) is 0 Å². The third kappa shape index (κ3) is 29200. The molecule has 0 aromatic heterocycles. The number of nitrogens with zero attached hydrogens (tertiary/aromatic N) is 3. The summed E-state index contributed by atoms with van der Waals surface area (Å²) in [7, 11) is 0. The zero-order chi connectivity index (χ0) is 14.1. The van der Waals surface area contributed by atoms with Gasteiger partial charge in [-0.1, -0.05) is 0 Å². The van der Waals surface area contributed by atoms with Crippen molar-refractivity contribution >= 4 is 0 Å². The van der Waals surface area contributed by atoms with Crippen molar-refractivity contribution in [2.24, 2.45) is 0 Å². The minimum absolute atomic E-state index is 0. The topological polar surface area (TPSA) is 239 Å². The average molecular weight is 387 g/mol. The van der Waals surface area contributed by atoms with Gasteiger partial charge in [0.1, 0.15) is 0 Å². The molecule has 0 unspecified atom stereocenters. The van der Waals surface area contributed by atoms with E-state index in [1.54, 1.807) is 0 Å². The van der Waals surface area contributed by atoms with Crippen LogP contribution in [0.5, 0.6) is 0 Å². The quantitative estimate of drug-likeness (QED) is 0.378.